The highest BCUT2D eigenvalue weighted by Gasteiger charge is 2.26. The lowest BCUT2D eigenvalue weighted by Crippen LogP contribution is -2.41. The van der Waals surface area contributed by atoms with E-state index in [0.717, 1.165) is 18.8 Å². The van der Waals surface area contributed by atoms with E-state index in [9.17, 15) is 4.79 Å². The largest absolute Gasteiger partial charge is 0.334 e. The normalized spacial score (nSPS) is 16.1. The van der Waals surface area contributed by atoms with Crippen LogP contribution < -0.4 is 16.3 Å². The molecule has 7 heteroatoms. The first-order valence-electron chi connectivity index (χ1n) is 6.50. The summed E-state index contributed by atoms with van der Waals surface area (Å²) in [5.74, 6) is 1.13. The predicted molar refractivity (Wildman–Crippen MR) is 79.2 cm³/mol. The summed E-state index contributed by atoms with van der Waals surface area (Å²) in [6.07, 6.45) is 1.59. The van der Waals surface area contributed by atoms with Crippen molar-refractivity contribution in [2.45, 2.75) is 5.92 Å². The Morgan fingerprint density at radius 2 is 2.15 bits per heavy atom. The molecule has 3 rings (SSSR count). The molecule has 102 valence electrons. The van der Waals surface area contributed by atoms with Crippen LogP contribution >= 0.6 is 0 Å². The van der Waals surface area contributed by atoms with Crippen molar-refractivity contribution in [2.75, 3.05) is 25.5 Å². The summed E-state index contributed by atoms with van der Waals surface area (Å²) in [6, 6.07) is 3.56. The topological polar surface area (TPSA) is 66.0 Å². The van der Waals surface area contributed by atoms with Crippen molar-refractivity contribution < 1.29 is 0 Å². The zero-order chi connectivity index (χ0) is 14.3. The van der Waals surface area contributed by atoms with Gasteiger partial charge >= 0.3 is 0 Å². The number of hydrogen-bond acceptors (Lipinski definition) is 4. The molecule has 3 heterocycles. The lowest BCUT2D eigenvalue weighted by molar-refractivity contribution is 0.186. The summed E-state index contributed by atoms with van der Waals surface area (Å²) in [7, 11) is 9.50. The van der Waals surface area contributed by atoms with Crippen molar-refractivity contribution >= 4 is 24.8 Å². The lowest BCUT2D eigenvalue weighted by Gasteiger charge is -2.35. The van der Waals surface area contributed by atoms with Gasteiger partial charge in [0, 0.05) is 37.8 Å². The number of aromatic nitrogens is 3. The Hall–Kier alpha value is -2.02. The molecule has 1 fully saturated rings. The summed E-state index contributed by atoms with van der Waals surface area (Å²) >= 11 is 0. The summed E-state index contributed by atoms with van der Waals surface area (Å²) in [5.41, 5.74) is 1.92. The third-order valence-corrected chi connectivity index (χ3v) is 3.57. The molecule has 1 saturated heterocycles. The summed E-state index contributed by atoms with van der Waals surface area (Å²) < 4.78 is 1.45. The minimum atomic E-state index is -0.132. The van der Waals surface area contributed by atoms with Gasteiger partial charge in [-0.1, -0.05) is 5.46 Å². The van der Waals surface area contributed by atoms with E-state index < -0.39 is 0 Å². The number of nitrogens with one attached hydrogen (secondary N) is 2. The fourth-order valence-electron chi connectivity index (χ4n) is 2.47. The number of anilines is 2. The molecule has 0 bridgehead atoms. The molecule has 0 saturated carbocycles. The van der Waals surface area contributed by atoms with E-state index >= 15 is 0 Å². The Morgan fingerprint density at radius 1 is 1.40 bits per heavy atom. The van der Waals surface area contributed by atoms with Gasteiger partial charge in [0.05, 0.1) is 0 Å². The van der Waals surface area contributed by atoms with Gasteiger partial charge in [0.2, 0.25) is 0 Å². The maximum absolute atomic E-state index is 12.0. The zero-order valence-corrected chi connectivity index (χ0v) is 11.6. The molecular formula is C13H16BN5O. The Labute approximate surface area is 118 Å². The molecule has 20 heavy (non-hydrogen) atoms. The fourth-order valence-corrected chi connectivity index (χ4v) is 2.47. The first-order valence-corrected chi connectivity index (χ1v) is 6.50. The highest BCUT2D eigenvalue weighted by molar-refractivity contribution is 6.32. The molecule has 0 atom stereocenters. The van der Waals surface area contributed by atoms with Crippen molar-refractivity contribution in [3.8, 4) is 0 Å². The zero-order valence-electron chi connectivity index (χ0n) is 11.6. The van der Waals surface area contributed by atoms with Crippen LogP contribution in [0.2, 0.25) is 0 Å². The van der Waals surface area contributed by atoms with Crippen LogP contribution in [-0.4, -0.2) is 47.6 Å². The summed E-state index contributed by atoms with van der Waals surface area (Å²) in [6.45, 7) is 2.06. The molecule has 2 N–H and O–H groups in total. The standard InChI is InChI=1S/C13H16BN5O/c1-18-5-8(6-18)10-4-12(17-16-10)15-11-3-9(14)7-19(2)13(11)20/h3-4,7-8H,5-6H2,1-2H3,(H2,15,16,17). The van der Waals surface area contributed by atoms with Crippen LogP contribution in [0.5, 0.6) is 0 Å². The van der Waals surface area contributed by atoms with Crippen LogP contribution in [0.15, 0.2) is 23.1 Å². The number of hydrogen-bond donors (Lipinski definition) is 2. The van der Waals surface area contributed by atoms with E-state index in [1.807, 2.05) is 6.07 Å². The first-order chi connectivity index (χ1) is 9.52. The maximum Gasteiger partial charge on any atom is 0.273 e. The van der Waals surface area contributed by atoms with Gasteiger partial charge in [-0.25, -0.2) is 0 Å². The van der Waals surface area contributed by atoms with Gasteiger partial charge in [0.15, 0.2) is 5.82 Å². The van der Waals surface area contributed by atoms with E-state index in [2.05, 4.69) is 27.5 Å². The van der Waals surface area contributed by atoms with Crippen molar-refractivity contribution in [1.29, 1.82) is 0 Å². The van der Waals surface area contributed by atoms with Gasteiger partial charge in [-0.3, -0.25) is 9.89 Å². The second-order valence-electron chi connectivity index (χ2n) is 5.35. The summed E-state index contributed by atoms with van der Waals surface area (Å²) in [4.78, 5) is 14.2. The fraction of sp³-hybridized carbons (Fsp3) is 0.385. The Bertz CT molecular complexity index is 686. The van der Waals surface area contributed by atoms with Crippen LogP contribution in [0.4, 0.5) is 11.5 Å². The quantitative estimate of drug-likeness (QED) is 0.749. The lowest BCUT2D eigenvalue weighted by atomic mass is 9.97. The van der Waals surface area contributed by atoms with Crippen LogP contribution in [0.1, 0.15) is 11.6 Å². The molecular weight excluding hydrogens is 253 g/mol. The van der Waals surface area contributed by atoms with Gasteiger partial charge < -0.3 is 14.8 Å². The molecule has 2 aromatic rings. The smallest absolute Gasteiger partial charge is 0.273 e. The van der Waals surface area contributed by atoms with E-state index in [0.29, 0.717) is 22.9 Å². The Kier molecular flexibility index (Phi) is 3.14. The number of aromatic amines is 1. The number of pyridine rings is 1. The van der Waals surface area contributed by atoms with Crippen molar-refractivity contribution in [2.24, 2.45) is 7.05 Å². The number of nitrogens with zero attached hydrogens (tertiary/aromatic N) is 3. The molecule has 1 aliphatic rings. The average Bonchev–Trinajstić information content (AvgIpc) is 2.79. The number of likely N-dealkylation sites (tertiary alicyclic amines) is 1. The van der Waals surface area contributed by atoms with Crippen LogP contribution in [0, 0.1) is 0 Å². The van der Waals surface area contributed by atoms with Gasteiger partial charge in [-0.15, -0.1) is 0 Å². The van der Waals surface area contributed by atoms with Crippen molar-refractivity contribution in [3.05, 3.63) is 34.4 Å². The highest BCUT2D eigenvalue weighted by Crippen LogP contribution is 2.25. The predicted octanol–water partition coefficient (Wildman–Crippen LogP) is -0.325. The molecule has 0 aromatic carbocycles. The van der Waals surface area contributed by atoms with Crippen molar-refractivity contribution in [1.82, 2.24) is 19.7 Å². The molecule has 2 radical (unpaired) electrons. The summed E-state index contributed by atoms with van der Waals surface area (Å²) in [5, 5.41) is 10.2. The minimum absolute atomic E-state index is 0.132. The van der Waals surface area contributed by atoms with E-state index in [1.165, 1.54) is 4.57 Å². The number of likely N-dealkylation sites (N-methyl/N-ethyl adjacent to an activating group) is 1. The van der Waals surface area contributed by atoms with Crippen molar-refractivity contribution in [3.63, 3.8) is 0 Å². The van der Waals surface area contributed by atoms with Gasteiger partial charge in [0.1, 0.15) is 13.5 Å². The van der Waals surface area contributed by atoms with Gasteiger partial charge in [0.25, 0.3) is 5.56 Å². The molecule has 6 nitrogen and oxygen atoms in total. The second kappa shape index (κ2) is 4.83. The molecule has 2 aromatic heterocycles. The highest BCUT2D eigenvalue weighted by atomic mass is 16.1. The number of rotatable bonds is 3. The second-order valence-corrected chi connectivity index (χ2v) is 5.35. The first kappa shape index (κ1) is 13.0. The third-order valence-electron chi connectivity index (χ3n) is 3.57. The SMILES string of the molecule is [B]c1cc(Nc2cc(C3CN(C)C3)[nH]n2)c(=O)n(C)c1. The molecule has 0 amide bonds. The monoisotopic (exact) mass is 269 g/mol. The maximum atomic E-state index is 12.0. The number of H-pyrrole nitrogens is 1. The Balaban J connectivity index is 1.80. The number of aryl methyl sites for hydroxylation is 1. The van der Waals surface area contributed by atoms with E-state index in [1.54, 1.807) is 19.3 Å². The van der Waals surface area contributed by atoms with Crippen LogP contribution in [0.25, 0.3) is 0 Å². The van der Waals surface area contributed by atoms with Crippen LogP contribution in [-0.2, 0) is 7.05 Å². The minimum Gasteiger partial charge on any atom is -0.334 e. The van der Waals surface area contributed by atoms with Crippen LogP contribution in [0.3, 0.4) is 0 Å². The van der Waals surface area contributed by atoms with E-state index in [-0.39, 0.29) is 5.56 Å². The Morgan fingerprint density at radius 3 is 2.85 bits per heavy atom. The van der Waals surface area contributed by atoms with E-state index in [4.69, 9.17) is 7.85 Å². The molecule has 0 unspecified atom stereocenters. The van der Waals surface area contributed by atoms with Gasteiger partial charge in [-0.2, -0.15) is 5.10 Å². The molecule has 1 aliphatic heterocycles. The molecule has 0 aliphatic carbocycles. The average molecular weight is 269 g/mol. The third kappa shape index (κ3) is 2.36. The van der Waals surface area contributed by atoms with Gasteiger partial charge in [-0.05, 0) is 19.3 Å². The molecule has 0 spiro atoms.